The zero-order chi connectivity index (χ0) is 20.6. The van der Waals surface area contributed by atoms with Crippen LogP contribution in [0.5, 0.6) is 5.75 Å². The smallest absolute Gasteiger partial charge is 0.437 e. The lowest BCUT2D eigenvalue weighted by atomic mass is 10.1. The van der Waals surface area contributed by atoms with Crippen LogP contribution >= 0.6 is 0 Å². The molecule has 0 bridgehead atoms. The third-order valence-electron chi connectivity index (χ3n) is 3.52. The summed E-state index contributed by atoms with van der Waals surface area (Å²) in [6.07, 6.45) is -3.96. The van der Waals surface area contributed by atoms with E-state index in [0.717, 1.165) is 10.9 Å². The molecule has 2 aromatic rings. The van der Waals surface area contributed by atoms with Crippen LogP contribution < -0.4 is 9.46 Å². The van der Waals surface area contributed by atoms with E-state index in [1.165, 1.54) is 26.1 Å². The number of alkyl halides is 3. The Balaban J connectivity index is 2.47. The average Bonchev–Trinajstić information content (AvgIpc) is 2.86. The van der Waals surface area contributed by atoms with Crippen molar-refractivity contribution in [2.45, 2.75) is 24.9 Å². The van der Waals surface area contributed by atoms with Gasteiger partial charge in [0.25, 0.3) is 10.0 Å². The van der Waals surface area contributed by atoms with E-state index in [9.17, 15) is 26.4 Å². The first-order valence-corrected chi connectivity index (χ1v) is 8.89. The molecule has 0 atom stereocenters. The van der Waals surface area contributed by atoms with E-state index >= 15 is 0 Å². The predicted molar refractivity (Wildman–Crippen MR) is 88.1 cm³/mol. The first-order chi connectivity index (χ1) is 12.3. The Kier molecular flexibility index (Phi) is 5.40. The van der Waals surface area contributed by atoms with E-state index < -0.39 is 40.2 Å². The molecule has 1 aromatic carbocycles. The average molecular weight is 407 g/mol. The van der Waals surface area contributed by atoms with Crippen molar-refractivity contribution >= 4 is 21.7 Å². The SMILES string of the molecule is Cc1ccc(S(=O)(=O)Nc2cn(C)nc2C(F)(F)F)c(C)c1OCC(=O)O. The van der Waals surface area contributed by atoms with Crippen LogP contribution in [0.4, 0.5) is 18.9 Å². The summed E-state index contributed by atoms with van der Waals surface area (Å²) in [5, 5.41) is 12.0. The molecule has 0 saturated carbocycles. The van der Waals surface area contributed by atoms with E-state index in [1.54, 1.807) is 6.92 Å². The van der Waals surface area contributed by atoms with Crippen LogP contribution in [0.15, 0.2) is 23.2 Å². The van der Waals surface area contributed by atoms with Crippen molar-refractivity contribution in [3.05, 3.63) is 35.2 Å². The molecular formula is C15H16F3N3O5S. The lowest BCUT2D eigenvalue weighted by molar-refractivity contribution is -0.141. The van der Waals surface area contributed by atoms with Gasteiger partial charge in [-0.05, 0) is 25.5 Å². The molecule has 0 radical (unpaired) electrons. The van der Waals surface area contributed by atoms with E-state index in [-0.39, 0.29) is 16.2 Å². The van der Waals surface area contributed by atoms with E-state index in [0.29, 0.717) is 5.56 Å². The summed E-state index contributed by atoms with van der Waals surface area (Å²) in [6, 6.07) is 2.57. The molecular weight excluding hydrogens is 391 g/mol. The van der Waals surface area contributed by atoms with Crippen LogP contribution in [0.1, 0.15) is 16.8 Å². The number of anilines is 1. The monoisotopic (exact) mass is 407 g/mol. The summed E-state index contributed by atoms with van der Waals surface area (Å²) in [5.74, 6) is -1.23. The molecule has 0 spiro atoms. The van der Waals surface area contributed by atoms with Gasteiger partial charge in [0.15, 0.2) is 12.3 Å². The second-order valence-corrected chi connectivity index (χ2v) is 7.34. The van der Waals surface area contributed by atoms with Gasteiger partial charge in [-0.15, -0.1) is 0 Å². The number of aryl methyl sites for hydroxylation is 2. The lowest BCUT2D eigenvalue weighted by Crippen LogP contribution is -2.18. The quantitative estimate of drug-likeness (QED) is 0.760. The zero-order valence-corrected chi connectivity index (χ0v) is 15.3. The van der Waals surface area contributed by atoms with Crippen molar-refractivity contribution in [2.24, 2.45) is 7.05 Å². The number of benzene rings is 1. The molecule has 0 amide bonds. The Bertz CT molecular complexity index is 983. The highest BCUT2D eigenvalue weighted by Crippen LogP contribution is 2.35. The third kappa shape index (κ3) is 4.51. The molecule has 2 rings (SSSR count). The first kappa shape index (κ1) is 20.6. The van der Waals surface area contributed by atoms with E-state index in [2.05, 4.69) is 5.10 Å². The fraction of sp³-hybridized carbons (Fsp3) is 0.333. The Morgan fingerprint density at radius 1 is 1.33 bits per heavy atom. The zero-order valence-electron chi connectivity index (χ0n) is 14.5. The molecule has 0 aliphatic carbocycles. The number of ether oxygens (including phenoxy) is 1. The van der Waals surface area contributed by atoms with Gasteiger partial charge in [0.05, 0.1) is 10.6 Å². The number of carboxylic acids is 1. The number of sulfonamides is 1. The topological polar surface area (TPSA) is 111 Å². The van der Waals surface area contributed by atoms with Crippen LogP contribution in [-0.4, -0.2) is 35.9 Å². The Morgan fingerprint density at radius 3 is 2.52 bits per heavy atom. The third-order valence-corrected chi connectivity index (χ3v) is 5.03. The normalized spacial score (nSPS) is 12.1. The van der Waals surface area contributed by atoms with E-state index in [4.69, 9.17) is 9.84 Å². The van der Waals surface area contributed by atoms with Gasteiger partial charge in [0.1, 0.15) is 5.75 Å². The van der Waals surface area contributed by atoms with Crippen molar-refractivity contribution in [3.8, 4) is 5.75 Å². The second-order valence-electron chi connectivity index (χ2n) is 5.69. The Morgan fingerprint density at radius 2 is 1.96 bits per heavy atom. The van der Waals surface area contributed by atoms with Gasteiger partial charge >= 0.3 is 12.1 Å². The lowest BCUT2D eigenvalue weighted by Gasteiger charge is -2.16. The number of aromatic nitrogens is 2. The number of nitrogens with one attached hydrogen (secondary N) is 1. The molecule has 0 fully saturated rings. The van der Waals surface area contributed by atoms with Crippen molar-refractivity contribution in [1.29, 1.82) is 0 Å². The molecule has 0 aliphatic rings. The van der Waals surface area contributed by atoms with Crippen LogP contribution in [0.2, 0.25) is 0 Å². The fourth-order valence-corrected chi connectivity index (χ4v) is 3.72. The number of aliphatic carboxylic acids is 1. The fourth-order valence-electron chi connectivity index (χ4n) is 2.43. The molecule has 1 aromatic heterocycles. The maximum absolute atomic E-state index is 13.0. The number of carboxylic acid groups (broad SMARTS) is 1. The van der Waals surface area contributed by atoms with Gasteiger partial charge in [-0.3, -0.25) is 9.40 Å². The molecule has 0 aliphatic heterocycles. The standard InChI is InChI=1S/C15H16F3N3O5S/c1-8-4-5-11(9(2)13(8)26-7-12(22)23)27(24,25)20-10-6-21(3)19-14(10)15(16,17)18/h4-6,20H,7H2,1-3H3,(H,22,23). The van der Waals surface area contributed by atoms with Gasteiger partial charge in [0, 0.05) is 18.8 Å². The number of halogens is 3. The van der Waals surface area contributed by atoms with Gasteiger partial charge in [-0.2, -0.15) is 18.3 Å². The molecule has 148 valence electrons. The van der Waals surface area contributed by atoms with Gasteiger partial charge in [-0.25, -0.2) is 13.2 Å². The number of hydrogen-bond donors (Lipinski definition) is 2. The van der Waals surface area contributed by atoms with Gasteiger partial charge in [-0.1, -0.05) is 6.07 Å². The molecule has 0 saturated heterocycles. The van der Waals surface area contributed by atoms with Crippen molar-refractivity contribution in [3.63, 3.8) is 0 Å². The maximum Gasteiger partial charge on any atom is 0.437 e. The molecule has 12 heteroatoms. The molecule has 0 unspecified atom stereocenters. The largest absolute Gasteiger partial charge is 0.481 e. The predicted octanol–water partition coefficient (Wildman–Crippen LogP) is 2.32. The number of hydrogen-bond acceptors (Lipinski definition) is 5. The molecule has 27 heavy (non-hydrogen) atoms. The van der Waals surface area contributed by atoms with Gasteiger partial charge < -0.3 is 9.84 Å². The summed E-state index contributed by atoms with van der Waals surface area (Å²) >= 11 is 0. The van der Waals surface area contributed by atoms with Crippen LogP contribution in [0, 0.1) is 13.8 Å². The highest BCUT2D eigenvalue weighted by Gasteiger charge is 2.38. The molecule has 8 nitrogen and oxygen atoms in total. The maximum atomic E-state index is 13.0. The Labute approximate surface area is 152 Å². The molecule has 1 heterocycles. The minimum Gasteiger partial charge on any atom is -0.481 e. The first-order valence-electron chi connectivity index (χ1n) is 7.41. The summed E-state index contributed by atoms with van der Waals surface area (Å²) < 4.78 is 72.2. The minimum atomic E-state index is -4.85. The van der Waals surface area contributed by atoms with Crippen LogP contribution in [0.3, 0.4) is 0 Å². The van der Waals surface area contributed by atoms with Crippen molar-refractivity contribution in [1.82, 2.24) is 9.78 Å². The number of rotatable bonds is 6. The van der Waals surface area contributed by atoms with Crippen molar-refractivity contribution < 1.29 is 36.2 Å². The van der Waals surface area contributed by atoms with Gasteiger partial charge in [0.2, 0.25) is 0 Å². The van der Waals surface area contributed by atoms with Crippen LogP contribution in [0.25, 0.3) is 0 Å². The minimum absolute atomic E-state index is 0.0301. The number of carbonyl (C=O) groups is 1. The highest BCUT2D eigenvalue weighted by atomic mass is 32.2. The highest BCUT2D eigenvalue weighted by molar-refractivity contribution is 7.92. The second kappa shape index (κ2) is 7.10. The summed E-state index contributed by atoms with van der Waals surface area (Å²) in [6.45, 7) is 2.25. The van der Waals surface area contributed by atoms with E-state index in [1.807, 2.05) is 4.72 Å². The van der Waals surface area contributed by atoms with Crippen LogP contribution in [-0.2, 0) is 28.0 Å². The summed E-state index contributed by atoms with van der Waals surface area (Å²) in [7, 11) is -3.20. The summed E-state index contributed by atoms with van der Waals surface area (Å²) in [5.41, 5.74) is -1.55. The molecule has 2 N–H and O–H groups in total. The van der Waals surface area contributed by atoms with Crippen molar-refractivity contribution in [2.75, 3.05) is 11.3 Å². The number of nitrogens with zero attached hydrogens (tertiary/aromatic N) is 2. The Hall–Kier alpha value is -2.76. The summed E-state index contributed by atoms with van der Waals surface area (Å²) in [4.78, 5) is 10.3.